The van der Waals surface area contributed by atoms with Crippen LogP contribution in [-0.4, -0.2) is 18.3 Å². The molecule has 1 aliphatic carbocycles. The summed E-state index contributed by atoms with van der Waals surface area (Å²) < 4.78 is 5.45. The van der Waals surface area contributed by atoms with Crippen molar-refractivity contribution in [2.24, 2.45) is 0 Å². The lowest BCUT2D eigenvalue weighted by Crippen LogP contribution is -2.38. The number of aliphatic hydroxyl groups excluding tert-OH is 1. The van der Waals surface area contributed by atoms with E-state index in [4.69, 9.17) is 4.74 Å². The maximum absolute atomic E-state index is 10.1. The molecule has 1 atom stereocenters. The minimum Gasteiger partial charge on any atom is -0.496 e. The molecule has 2 rings (SSSR count). The fraction of sp³-hybridized carbons (Fsp3) is 0.600. The first-order valence-corrected chi connectivity index (χ1v) is 6.39. The Morgan fingerprint density at radius 3 is 2.71 bits per heavy atom. The molecule has 0 aliphatic heterocycles. The number of fused-ring (bicyclic) bond motifs is 1. The number of hydrogen-bond donors (Lipinski definition) is 1. The van der Waals surface area contributed by atoms with E-state index in [0.717, 1.165) is 25.0 Å². The summed E-state index contributed by atoms with van der Waals surface area (Å²) in [6.07, 6.45) is 2.55. The van der Waals surface area contributed by atoms with Gasteiger partial charge in [0.05, 0.1) is 13.2 Å². The first-order chi connectivity index (χ1) is 8.00. The number of hydrogen-bond acceptors (Lipinski definition) is 2. The molecule has 1 aliphatic rings. The largest absolute Gasteiger partial charge is 0.496 e. The van der Waals surface area contributed by atoms with Gasteiger partial charge in [0.15, 0.2) is 0 Å². The highest BCUT2D eigenvalue weighted by atomic mass is 16.5. The molecular formula is C15H22O2. The summed E-state index contributed by atoms with van der Waals surface area (Å²) in [5, 5.41) is 10.1. The zero-order valence-electron chi connectivity index (χ0n) is 11.2. The van der Waals surface area contributed by atoms with Gasteiger partial charge >= 0.3 is 0 Å². The number of rotatable bonds is 2. The van der Waals surface area contributed by atoms with E-state index in [1.807, 2.05) is 0 Å². The average Bonchev–Trinajstić information content (AvgIpc) is 2.33. The molecule has 0 amide bonds. The maximum Gasteiger partial charge on any atom is 0.122 e. The topological polar surface area (TPSA) is 29.5 Å². The van der Waals surface area contributed by atoms with E-state index in [2.05, 4.69) is 32.9 Å². The van der Waals surface area contributed by atoms with Gasteiger partial charge in [0.25, 0.3) is 0 Å². The van der Waals surface area contributed by atoms with Crippen LogP contribution < -0.4 is 4.74 Å². The summed E-state index contributed by atoms with van der Waals surface area (Å²) in [6.45, 7) is 6.37. The predicted molar refractivity (Wildman–Crippen MR) is 69.7 cm³/mol. The van der Waals surface area contributed by atoms with Crippen LogP contribution in [0.15, 0.2) is 12.1 Å². The summed E-state index contributed by atoms with van der Waals surface area (Å²) in [5.41, 5.74) is 3.70. The molecule has 1 aromatic rings. The number of benzene rings is 1. The second-order valence-corrected chi connectivity index (χ2v) is 5.45. The summed E-state index contributed by atoms with van der Waals surface area (Å²) >= 11 is 0. The zero-order chi connectivity index (χ0) is 12.6. The second-order valence-electron chi connectivity index (χ2n) is 5.45. The minimum atomic E-state index is -0.257. The van der Waals surface area contributed by atoms with Gasteiger partial charge in [-0.2, -0.15) is 0 Å². The van der Waals surface area contributed by atoms with E-state index in [9.17, 15) is 5.11 Å². The van der Waals surface area contributed by atoms with Crippen LogP contribution in [0.2, 0.25) is 0 Å². The standard InChI is InChI=1S/C15H22O2/c1-5-10-8-11-6-7-14(16)15(2,3)12(11)9-13(10)17-4/h8-9,14,16H,5-7H2,1-4H3. The smallest absolute Gasteiger partial charge is 0.122 e. The van der Waals surface area contributed by atoms with Gasteiger partial charge in [-0.1, -0.05) is 26.8 Å². The van der Waals surface area contributed by atoms with Crippen molar-refractivity contribution in [3.8, 4) is 5.75 Å². The Bertz CT molecular complexity index is 421. The molecule has 0 aromatic heterocycles. The van der Waals surface area contributed by atoms with Gasteiger partial charge in [0.1, 0.15) is 5.75 Å². The van der Waals surface area contributed by atoms with Crippen molar-refractivity contribution >= 4 is 0 Å². The fourth-order valence-corrected chi connectivity index (χ4v) is 2.78. The minimum absolute atomic E-state index is 0.173. The number of methoxy groups -OCH3 is 1. The Morgan fingerprint density at radius 1 is 1.41 bits per heavy atom. The van der Waals surface area contributed by atoms with Gasteiger partial charge in [-0.15, -0.1) is 0 Å². The van der Waals surface area contributed by atoms with Crippen LogP contribution in [0.4, 0.5) is 0 Å². The highest BCUT2D eigenvalue weighted by Crippen LogP contribution is 2.40. The summed E-state index contributed by atoms with van der Waals surface area (Å²) in [7, 11) is 1.72. The van der Waals surface area contributed by atoms with Crippen LogP contribution in [0.25, 0.3) is 0 Å². The average molecular weight is 234 g/mol. The first kappa shape index (κ1) is 12.4. The molecule has 1 N–H and O–H groups in total. The van der Waals surface area contributed by atoms with Crippen LogP contribution >= 0.6 is 0 Å². The summed E-state index contributed by atoms with van der Waals surface area (Å²) in [6, 6.07) is 4.37. The number of aryl methyl sites for hydroxylation is 2. The normalized spacial score (nSPS) is 22.1. The number of aliphatic hydroxyl groups is 1. The monoisotopic (exact) mass is 234 g/mol. The molecule has 0 fully saturated rings. The molecule has 0 saturated carbocycles. The van der Waals surface area contributed by atoms with E-state index in [0.29, 0.717) is 0 Å². The molecule has 0 saturated heterocycles. The van der Waals surface area contributed by atoms with E-state index in [1.54, 1.807) is 7.11 Å². The summed E-state index contributed by atoms with van der Waals surface area (Å²) in [4.78, 5) is 0. The Morgan fingerprint density at radius 2 is 2.12 bits per heavy atom. The fourth-order valence-electron chi connectivity index (χ4n) is 2.78. The van der Waals surface area contributed by atoms with Gasteiger partial charge in [-0.3, -0.25) is 0 Å². The quantitative estimate of drug-likeness (QED) is 0.852. The van der Waals surface area contributed by atoms with Gasteiger partial charge in [0.2, 0.25) is 0 Å². The van der Waals surface area contributed by atoms with Gasteiger partial charge in [-0.05, 0) is 42.0 Å². The van der Waals surface area contributed by atoms with E-state index in [1.165, 1.54) is 16.7 Å². The highest BCUT2D eigenvalue weighted by molar-refractivity contribution is 5.47. The molecule has 2 heteroatoms. The van der Waals surface area contributed by atoms with Crippen molar-refractivity contribution in [1.29, 1.82) is 0 Å². The highest BCUT2D eigenvalue weighted by Gasteiger charge is 2.35. The third kappa shape index (κ3) is 1.95. The van der Waals surface area contributed by atoms with Crippen molar-refractivity contribution in [3.05, 3.63) is 28.8 Å². The third-order valence-corrected chi connectivity index (χ3v) is 4.10. The van der Waals surface area contributed by atoms with Crippen LogP contribution in [0.3, 0.4) is 0 Å². The SMILES string of the molecule is CCc1cc2c(cc1OC)C(C)(C)C(O)CC2. The molecule has 94 valence electrons. The second kappa shape index (κ2) is 4.34. The molecule has 2 nitrogen and oxygen atoms in total. The Balaban J connectivity index is 2.57. The Hall–Kier alpha value is -1.02. The molecule has 0 bridgehead atoms. The Labute approximate surface area is 104 Å². The summed E-state index contributed by atoms with van der Waals surface area (Å²) in [5.74, 6) is 0.952. The van der Waals surface area contributed by atoms with E-state index in [-0.39, 0.29) is 11.5 Å². The van der Waals surface area contributed by atoms with E-state index < -0.39 is 0 Å². The van der Waals surface area contributed by atoms with Crippen LogP contribution in [0.5, 0.6) is 5.75 Å². The Kier molecular flexibility index (Phi) is 3.17. The lowest BCUT2D eigenvalue weighted by Gasteiger charge is -2.38. The van der Waals surface area contributed by atoms with Gasteiger partial charge in [-0.25, -0.2) is 0 Å². The zero-order valence-corrected chi connectivity index (χ0v) is 11.2. The lowest BCUT2D eigenvalue weighted by molar-refractivity contribution is 0.0829. The first-order valence-electron chi connectivity index (χ1n) is 6.39. The lowest BCUT2D eigenvalue weighted by atomic mass is 9.70. The molecule has 0 radical (unpaired) electrons. The molecule has 0 spiro atoms. The maximum atomic E-state index is 10.1. The molecular weight excluding hydrogens is 212 g/mol. The van der Waals surface area contributed by atoms with Crippen molar-refractivity contribution < 1.29 is 9.84 Å². The van der Waals surface area contributed by atoms with Crippen LogP contribution in [0, 0.1) is 0 Å². The van der Waals surface area contributed by atoms with Crippen molar-refractivity contribution in [2.45, 2.75) is 51.6 Å². The molecule has 0 heterocycles. The van der Waals surface area contributed by atoms with E-state index >= 15 is 0 Å². The van der Waals surface area contributed by atoms with Gasteiger partial charge in [0, 0.05) is 5.41 Å². The van der Waals surface area contributed by atoms with Crippen molar-refractivity contribution in [2.75, 3.05) is 7.11 Å². The van der Waals surface area contributed by atoms with Crippen LogP contribution in [-0.2, 0) is 18.3 Å². The van der Waals surface area contributed by atoms with Gasteiger partial charge < -0.3 is 9.84 Å². The van der Waals surface area contributed by atoms with Crippen molar-refractivity contribution in [3.63, 3.8) is 0 Å². The van der Waals surface area contributed by atoms with Crippen molar-refractivity contribution in [1.82, 2.24) is 0 Å². The molecule has 1 aromatic carbocycles. The van der Waals surface area contributed by atoms with Crippen LogP contribution in [0.1, 0.15) is 43.9 Å². The third-order valence-electron chi connectivity index (χ3n) is 4.10. The molecule has 1 unspecified atom stereocenters. The molecule has 17 heavy (non-hydrogen) atoms. The predicted octanol–water partition coefficient (Wildman–Crippen LogP) is 2.84. The number of ether oxygens (including phenoxy) is 1.